The van der Waals surface area contributed by atoms with Crippen molar-refractivity contribution in [3.8, 4) is 0 Å². The predicted molar refractivity (Wildman–Crippen MR) is 107 cm³/mol. The van der Waals surface area contributed by atoms with Gasteiger partial charge in [0.2, 0.25) is 0 Å². The van der Waals surface area contributed by atoms with Gasteiger partial charge in [-0.3, -0.25) is 14.6 Å². The number of ether oxygens (including phenoxy) is 1. The molecule has 1 aliphatic carbocycles. The summed E-state index contributed by atoms with van der Waals surface area (Å²) in [6.07, 6.45) is 3.12. The van der Waals surface area contributed by atoms with E-state index in [1.807, 2.05) is 19.1 Å². The maximum absolute atomic E-state index is 12.6. The molecule has 1 saturated carbocycles. The lowest BCUT2D eigenvalue weighted by molar-refractivity contribution is 0.101. The monoisotopic (exact) mass is 395 g/mol. The van der Waals surface area contributed by atoms with Gasteiger partial charge in [0.25, 0.3) is 5.91 Å². The number of anilines is 1. The highest BCUT2D eigenvalue weighted by molar-refractivity contribution is 6.02. The molecule has 2 atom stereocenters. The highest BCUT2D eigenvalue weighted by Gasteiger charge is 2.29. The Morgan fingerprint density at radius 2 is 2.10 bits per heavy atom. The van der Waals surface area contributed by atoms with E-state index in [1.165, 1.54) is 0 Å². The Kier molecular flexibility index (Phi) is 5.39. The SMILES string of the molecule is COCc1cc(C(=O)Nc2cc([C@H]3CC[C@H](c4ccc(C)nn4)C3)[nH]n2)n(C)n1. The Bertz CT molecular complexity index is 993. The maximum Gasteiger partial charge on any atom is 0.275 e. The number of aryl methyl sites for hydroxylation is 2. The molecule has 3 aromatic rings. The van der Waals surface area contributed by atoms with Crippen LogP contribution in [-0.2, 0) is 18.4 Å². The molecule has 0 radical (unpaired) electrons. The number of carbonyl (C=O) groups excluding carboxylic acids is 1. The molecular formula is C20H25N7O2. The van der Waals surface area contributed by atoms with Gasteiger partial charge in [0, 0.05) is 37.8 Å². The van der Waals surface area contributed by atoms with Crippen LogP contribution < -0.4 is 5.32 Å². The van der Waals surface area contributed by atoms with E-state index >= 15 is 0 Å². The summed E-state index contributed by atoms with van der Waals surface area (Å²) in [6, 6.07) is 7.71. The minimum absolute atomic E-state index is 0.250. The van der Waals surface area contributed by atoms with E-state index in [-0.39, 0.29) is 5.91 Å². The van der Waals surface area contributed by atoms with E-state index in [1.54, 1.807) is 24.9 Å². The molecule has 3 heterocycles. The van der Waals surface area contributed by atoms with Crippen LogP contribution >= 0.6 is 0 Å². The quantitative estimate of drug-likeness (QED) is 0.664. The number of hydrogen-bond donors (Lipinski definition) is 2. The molecule has 0 spiro atoms. The van der Waals surface area contributed by atoms with Crippen LogP contribution in [0, 0.1) is 6.92 Å². The standard InChI is InChI=1S/C20H25N7O2/c1-12-4-7-16(23-22-12)13-5-6-14(8-13)17-10-19(25-24-17)21-20(28)18-9-15(11-29-3)26-27(18)2/h4,7,9-10,13-14H,5-6,8,11H2,1-3H3,(H2,21,24,25,28)/t13-,14-/m0/s1. The molecule has 0 aromatic carbocycles. The molecule has 1 fully saturated rings. The van der Waals surface area contributed by atoms with E-state index in [2.05, 4.69) is 36.9 Å². The second-order valence-corrected chi connectivity index (χ2v) is 7.55. The highest BCUT2D eigenvalue weighted by atomic mass is 16.5. The number of nitrogens with one attached hydrogen (secondary N) is 2. The minimum atomic E-state index is -0.250. The van der Waals surface area contributed by atoms with Gasteiger partial charge in [-0.25, -0.2) is 0 Å². The molecule has 0 unspecified atom stereocenters. The van der Waals surface area contributed by atoms with Crippen molar-refractivity contribution < 1.29 is 9.53 Å². The summed E-state index contributed by atoms with van der Waals surface area (Å²) in [5, 5.41) is 23.0. The summed E-state index contributed by atoms with van der Waals surface area (Å²) >= 11 is 0. The number of rotatable bonds is 6. The molecule has 29 heavy (non-hydrogen) atoms. The van der Waals surface area contributed by atoms with Crippen LogP contribution in [0.1, 0.15) is 64.4 Å². The van der Waals surface area contributed by atoms with Crippen molar-refractivity contribution in [3.63, 3.8) is 0 Å². The number of H-pyrrole nitrogens is 1. The molecule has 0 bridgehead atoms. The number of carbonyl (C=O) groups is 1. The first-order valence-electron chi connectivity index (χ1n) is 9.72. The Labute approximate surface area is 168 Å². The summed E-state index contributed by atoms with van der Waals surface area (Å²) < 4.78 is 6.61. The van der Waals surface area contributed by atoms with E-state index < -0.39 is 0 Å². The summed E-state index contributed by atoms with van der Waals surface area (Å²) in [5.74, 6) is 1.03. The molecule has 0 saturated heterocycles. The van der Waals surface area contributed by atoms with E-state index in [4.69, 9.17) is 4.74 Å². The second kappa shape index (κ2) is 8.12. The normalized spacial score (nSPS) is 18.9. The molecule has 3 aromatic heterocycles. The molecule has 1 aliphatic rings. The maximum atomic E-state index is 12.6. The van der Waals surface area contributed by atoms with Crippen LogP contribution in [0.2, 0.25) is 0 Å². The van der Waals surface area contributed by atoms with Gasteiger partial charge in [-0.1, -0.05) is 0 Å². The molecule has 0 aliphatic heterocycles. The van der Waals surface area contributed by atoms with Crippen molar-refractivity contribution >= 4 is 11.7 Å². The summed E-state index contributed by atoms with van der Waals surface area (Å²) in [4.78, 5) is 12.6. The number of nitrogens with zero attached hydrogens (tertiary/aromatic N) is 5. The second-order valence-electron chi connectivity index (χ2n) is 7.55. The average molecular weight is 395 g/mol. The lowest BCUT2D eigenvalue weighted by Gasteiger charge is -2.09. The van der Waals surface area contributed by atoms with Crippen molar-refractivity contribution in [2.75, 3.05) is 12.4 Å². The summed E-state index contributed by atoms with van der Waals surface area (Å²) in [6.45, 7) is 2.31. The van der Waals surface area contributed by atoms with Crippen molar-refractivity contribution in [2.45, 2.75) is 44.6 Å². The number of amides is 1. The number of hydrogen-bond acceptors (Lipinski definition) is 6. The number of aromatic nitrogens is 6. The lowest BCUT2D eigenvalue weighted by Crippen LogP contribution is -2.16. The molecule has 1 amide bonds. The van der Waals surface area contributed by atoms with Crippen molar-refractivity contribution in [1.82, 2.24) is 30.2 Å². The molecule has 4 rings (SSSR count). The summed E-state index contributed by atoms with van der Waals surface area (Å²) in [7, 11) is 3.33. The van der Waals surface area contributed by atoms with Crippen LogP contribution in [0.5, 0.6) is 0 Å². The first-order valence-corrected chi connectivity index (χ1v) is 9.72. The zero-order valence-corrected chi connectivity index (χ0v) is 16.8. The third kappa shape index (κ3) is 4.19. The molecule has 9 heteroatoms. The highest BCUT2D eigenvalue weighted by Crippen LogP contribution is 2.42. The fourth-order valence-corrected chi connectivity index (χ4v) is 3.91. The van der Waals surface area contributed by atoms with Gasteiger partial charge in [-0.05, 0) is 44.4 Å². The van der Waals surface area contributed by atoms with E-state index in [0.29, 0.717) is 35.6 Å². The van der Waals surface area contributed by atoms with Gasteiger partial charge in [0.05, 0.1) is 23.7 Å². The topological polar surface area (TPSA) is 111 Å². The van der Waals surface area contributed by atoms with E-state index in [0.717, 1.165) is 36.3 Å². The van der Waals surface area contributed by atoms with Crippen LogP contribution in [0.15, 0.2) is 24.3 Å². The number of methoxy groups -OCH3 is 1. The van der Waals surface area contributed by atoms with Crippen molar-refractivity contribution in [1.29, 1.82) is 0 Å². The van der Waals surface area contributed by atoms with E-state index in [9.17, 15) is 4.79 Å². The zero-order chi connectivity index (χ0) is 20.4. The number of aromatic amines is 1. The first-order chi connectivity index (χ1) is 14.0. The van der Waals surface area contributed by atoms with Crippen LogP contribution in [0.25, 0.3) is 0 Å². The Morgan fingerprint density at radius 1 is 1.28 bits per heavy atom. The van der Waals surface area contributed by atoms with Gasteiger partial charge < -0.3 is 10.1 Å². The fourth-order valence-electron chi connectivity index (χ4n) is 3.91. The van der Waals surface area contributed by atoms with Crippen LogP contribution in [0.3, 0.4) is 0 Å². The van der Waals surface area contributed by atoms with Gasteiger partial charge in [0.1, 0.15) is 5.69 Å². The summed E-state index contributed by atoms with van der Waals surface area (Å²) in [5.41, 5.74) is 4.18. The van der Waals surface area contributed by atoms with Crippen LogP contribution in [-0.4, -0.2) is 43.2 Å². The molecule has 152 valence electrons. The Hall–Kier alpha value is -3.07. The van der Waals surface area contributed by atoms with Crippen LogP contribution in [0.4, 0.5) is 5.82 Å². The van der Waals surface area contributed by atoms with Gasteiger partial charge in [-0.15, -0.1) is 0 Å². The molecule has 9 nitrogen and oxygen atoms in total. The lowest BCUT2D eigenvalue weighted by atomic mass is 9.99. The molecular weight excluding hydrogens is 370 g/mol. The third-order valence-electron chi connectivity index (χ3n) is 5.40. The first kappa shape index (κ1) is 19.3. The minimum Gasteiger partial charge on any atom is -0.378 e. The Morgan fingerprint density at radius 3 is 2.86 bits per heavy atom. The third-order valence-corrected chi connectivity index (χ3v) is 5.40. The largest absolute Gasteiger partial charge is 0.378 e. The van der Waals surface area contributed by atoms with Gasteiger partial charge in [-0.2, -0.15) is 20.4 Å². The zero-order valence-electron chi connectivity index (χ0n) is 16.8. The van der Waals surface area contributed by atoms with Gasteiger partial charge >= 0.3 is 0 Å². The van der Waals surface area contributed by atoms with Gasteiger partial charge in [0.15, 0.2) is 5.82 Å². The Balaban J connectivity index is 1.40. The predicted octanol–water partition coefficient (Wildman–Crippen LogP) is 2.69. The smallest absolute Gasteiger partial charge is 0.275 e. The van der Waals surface area contributed by atoms with Crippen molar-refractivity contribution in [3.05, 3.63) is 52.7 Å². The van der Waals surface area contributed by atoms with Crippen molar-refractivity contribution in [2.24, 2.45) is 7.05 Å². The fraction of sp³-hybridized carbons (Fsp3) is 0.450. The molecule has 2 N–H and O–H groups in total. The average Bonchev–Trinajstić information content (AvgIpc) is 3.42.